The molecule has 1 aromatic carbocycles. The Kier molecular flexibility index (Phi) is 5.90. The highest BCUT2D eigenvalue weighted by atomic mass is 16.5. The van der Waals surface area contributed by atoms with Crippen molar-refractivity contribution in [3.05, 3.63) is 29.8 Å². The molecule has 2 N–H and O–H groups in total. The van der Waals surface area contributed by atoms with E-state index in [1.807, 2.05) is 24.3 Å². The first-order valence-electron chi connectivity index (χ1n) is 5.80. The van der Waals surface area contributed by atoms with Crippen LogP contribution in [0.2, 0.25) is 0 Å². The van der Waals surface area contributed by atoms with Gasteiger partial charge in [-0.15, -0.1) is 0 Å². The van der Waals surface area contributed by atoms with E-state index in [-0.39, 0.29) is 0 Å². The fourth-order valence-electron chi connectivity index (χ4n) is 1.33. The molecule has 0 spiro atoms. The molecule has 0 saturated heterocycles. The summed E-state index contributed by atoms with van der Waals surface area (Å²) in [5.41, 5.74) is 6.65. The topological polar surface area (TPSA) is 44.5 Å². The molecule has 16 heavy (non-hydrogen) atoms. The minimum atomic E-state index is 0.299. The van der Waals surface area contributed by atoms with E-state index in [1.54, 1.807) is 0 Å². The van der Waals surface area contributed by atoms with Crippen molar-refractivity contribution in [2.24, 2.45) is 5.73 Å². The van der Waals surface area contributed by atoms with Crippen LogP contribution in [-0.2, 0) is 11.3 Å². The number of hydrogen-bond acceptors (Lipinski definition) is 3. The predicted octanol–water partition coefficient (Wildman–Crippen LogP) is 2.34. The van der Waals surface area contributed by atoms with Gasteiger partial charge in [-0.3, -0.25) is 0 Å². The van der Waals surface area contributed by atoms with Crippen molar-refractivity contribution in [1.82, 2.24) is 0 Å². The quantitative estimate of drug-likeness (QED) is 0.722. The van der Waals surface area contributed by atoms with Crippen LogP contribution in [0.15, 0.2) is 24.3 Å². The molecular weight excluding hydrogens is 202 g/mol. The summed E-state index contributed by atoms with van der Waals surface area (Å²) in [7, 11) is 0. The molecule has 0 saturated carbocycles. The van der Waals surface area contributed by atoms with Gasteiger partial charge in [0.1, 0.15) is 12.4 Å². The molecule has 0 radical (unpaired) electrons. The van der Waals surface area contributed by atoms with Crippen LogP contribution in [0.1, 0.15) is 25.8 Å². The zero-order valence-corrected chi connectivity index (χ0v) is 10.1. The summed E-state index contributed by atoms with van der Waals surface area (Å²) >= 11 is 0. The summed E-state index contributed by atoms with van der Waals surface area (Å²) in [6.07, 6.45) is 1.33. The molecule has 0 aliphatic carbocycles. The Hall–Kier alpha value is -1.06. The standard InChI is InChI=1S/C13H21NO2/c1-3-11(2)15-8-9-16-13-7-5-4-6-12(13)10-14/h4-7,11H,3,8-10,14H2,1-2H3. The first-order chi connectivity index (χ1) is 7.77. The molecule has 0 bridgehead atoms. The Bertz CT molecular complexity index is 302. The molecule has 0 fully saturated rings. The summed E-state index contributed by atoms with van der Waals surface area (Å²) in [6, 6.07) is 7.82. The molecule has 0 aliphatic rings. The predicted molar refractivity (Wildman–Crippen MR) is 65.5 cm³/mol. The maximum atomic E-state index is 5.62. The lowest BCUT2D eigenvalue weighted by atomic mass is 10.2. The van der Waals surface area contributed by atoms with Crippen molar-refractivity contribution >= 4 is 0 Å². The molecular formula is C13H21NO2. The van der Waals surface area contributed by atoms with E-state index in [0.29, 0.717) is 25.9 Å². The van der Waals surface area contributed by atoms with Gasteiger partial charge in [0.15, 0.2) is 0 Å². The highest BCUT2D eigenvalue weighted by Gasteiger charge is 2.01. The highest BCUT2D eigenvalue weighted by molar-refractivity contribution is 5.32. The van der Waals surface area contributed by atoms with Crippen LogP contribution in [0.3, 0.4) is 0 Å². The summed E-state index contributed by atoms with van der Waals surface area (Å²) in [6.45, 7) is 5.86. The first-order valence-corrected chi connectivity index (χ1v) is 5.80. The van der Waals surface area contributed by atoms with Crippen LogP contribution in [0, 0.1) is 0 Å². The van der Waals surface area contributed by atoms with Crippen LogP contribution in [-0.4, -0.2) is 19.3 Å². The van der Waals surface area contributed by atoms with E-state index in [4.69, 9.17) is 15.2 Å². The second kappa shape index (κ2) is 7.25. The van der Waals surface area contributed by atoms with Crippen molar-refractivity contribution in [2.45, 2.75) is 32.9 Å². The van der Waals surface area contributed by atoms with E-state index in [0.717, 1.165) is 17.7 Å². The molecule has 0 heterocycles. The van der Waals surface area contributed by atoms with E-state index in [2.05, 4.69) is 13.8 Å². The van der Waals surface area contributed by atoms with Crippen LogP contribution in [0.4, 0.5) is 0 Å². The van der Waals surface area contributed by atoms with Crippen LogP contribution >= 0.6 is 0 Å². The lowest BCUT2D eigenvalue weighted by molar-refractivity contribution is 0.0425. The summed E-state index contributed by atoms with van der Waals surface area (Å²) in [5.74, 6) is 0.859. The van der Waals surface area contributed by atoms with Crippen molar-refractivity contribution < 1.29 is 9.47 Å². The van der Waals surface area contributed by atoms with Crippen LogP contribution in [0.5, 0.6) is 5.75 Å². The minimum absolute atomic E-state index is 0.299. The van der Waals surface area contributed by atoms with Gasteiger partial charge < -0.3 is 15.2 Å². The third kappa shape index (κ3) is 4.21. The van der Waals surface area contributed by atoms with Crippen molar-refractivity contribution in [2.75, 3.05) is 13.2 Å². The third-order valence-electron chi connectivity index (χ3n) is 2.51. The van der Waals surface area contributed by atoms with Gasteiger partial charge in [-0.1, -0.05) is 25.1 Å². The Labute approximate surface area is 97.6 Å². The Morgan fingerprint density at radius 3 is 2.69 bits per heavy atom. The lowest BCUT2D eigenvalue weighted by Gasteiger charge is -2.13. The molecule has 1 unspecified atom stereocenters. The number of nitrogens with two attached hydrogens (primary N) is 1. The van der Waals surface area contributed by atoms with E-state index >= 15 is 0 Å². The largest absolute Gasteiger partial charge is 0.491 e. The average Bonchev–Trinajstić information content (AvgIpc) is 2.34. The molecule has 3 nitrogen and oxygen atoms in total. The monoisotopic (exact) mass is 223 g/mol. The van der Waals surface area contributed by atoms with Gasteiger partial charge in [0.25, 0.3) is 0 Å². The molecule has 1 atom stereocenters. The van der Waals surface area contributed by atoms with Gasteiger partial charge in [-0.2, -0.15) is 0 Å². The van der Waals surface area contributed by atoms with Crippen LogP contribution in [0.25, 0.3) is 0 Å². The maximum absolute atomic E-state index is 5.62. The number of hydrogen-bond donors (Lipinski definition) is 1. The van der Waals surface area contributed by atoms with Gasteiger partial charge in [0, 0.05) is 12.1 Å². The molecule has 3 heteroatoms. The van der Waals surface area contributed by atoms with E-state index in [1.165, 1.54) is 0 Å². The van der Waals surface area contributed by atoms with Gasteiger partial charge in [0.2, 0.25) is 0 Å². The Balaban J connectivity index is 2.31. The lowest BCUT2D eigenvalue weighted by Crippen LogP contribution is -2.14. The second-order valence-electron chi connectivity index (χ2n) is 3.75. The van der Waals surface area contributed by atoms with Crippen LogP contribution < -0.4 is 10.5 Å². The molecule has 0 aromatic heterocycles. The molecule has 0 amide bonds. The average molecular weight is 223 g/mol. The van der Waals surface area contributed by atoms with E-state index in [9.17, 15) is 0 Å². The van der Waals surface area contributed by atoms with Crippen molar-refractivity contribution in [3.8, 4) is 5.75 Å². The normalized spacial score (nSPS) is 12.4. The number of rotatable bonds is 7. The highest BCUT2D eigenvalue weighted by Crippen LogP contribution is 2.16. The number of benzene rings is 1. The fraction of sp³-hybridized carbons (Fsp3) is 0.538. The molecule has 1 rings (SSSR count). The zero-order valence-electron chi connectivity index (χ0n) is 10.1. The molecule has 1 aromatic rings. The smallest absolute Gasteiger partial charge is 0.123 e. The Morgan fingerprint density at radius 1 is 1.25 bits per heavy atom. The minimum Gasteiger partial charge on any atom is -0.491 e. The number of ether oxygens (including phenoxy) is 2. The summed E-state index contributed by atoms with van der Waals surface area (Å²) < 4.78 is 11.1. The van der Waals surface area contributed by atoms with E-state index < -0.39 is 0 Å². The molecule has 90 valence electrons. The third-order valence-corrected chi connectivity index (χ3v) is 2.51. The fourth-order valence-corrected chi connectivity index (χ4v) is 1.33. The Morgan fingerprint density at radius 2 is 2.00 bits per heavy atom. The number of para-hydroxylation sites is 1. The SMILES string of the molecule is CCC(C)OCCOc1ccccc1CN. The molecule has 0 aliphatic heterocycles. The summed E-state index contributed by atoms with van der Waals surface area (Å²) in [4.78, 5) is 0. The van der Waals surface area contributed by atoms with Gasteiger partial charge >= 0.3 is 0 Å². The van der Waals surface area contributed by atoms with Crippen molar-refractivity contribution in [1.29, 1.82) is 0 Å². The van der Waals surface area contributed by atoms with Gasteiger partial charge in [-0.05, 0) is 19.4 Å². The summed E-state index contributed by atoms with van der Waals surface area (Å²) in [5, 5.41) is 0. The zero-order chi connectivity index (χ0) is 11.8. The maximum Gasteiger partial charge on any atom is 0.123 e. The van der Waals surface area contributed by atoms with Gasteiger partial charge in [0.05, 0.1) is 12.7 Å². The van der Waals surface area contributed by atoms with Crippen molar-refractivity contribution in [3.63, 3.8) is 0 Å². The van der Waals surface area contributed by atoms with Gasteiger partial charge in [-0.25, -0.2) is 0 Å². The first kappa shape index (κ1) is 13.0. The second-order valence-corrected chi connectivity index (χ2v) is 3.75.